The topological polar surface area (TPSA) is 83.0 Å². The molecule has 6 heteroatoms. The summed E-state index contributed by atoms with van der Waals surface area (Å²) in [6, 6.07) is 24.8. The summed E-state index contributed by atoms with van der Waals surface area (Å²) in [6.45, 7) is 5.15. The molecule has 1 aromatic heterocycles. The lowest BCUT2D eigenvalue weighted by molar-refractivity contribution is -0.121. The molecule has 3 aromatic carbocycles. The molecule has 1 atom stereocenters. The molecule has 182 valence electrons. The van der Waals surface area contributed by atoms with Crippen molar-refractivity contribution in [1.29, 1.82) is 5.41 Å². The Labute approximate surface area is 206 Å². The highest BCUT2D eigenvalue weighted by atomic mass is 16.3. The third kappa shape index (κ3) is 5.89. The van der Waals surface area contributed by atoms with Gasteiger partial charge in [0, 0.05) is 19.6 Å². The summed E-state index contributed by atoms with van der Waals surface area (Å²) in [4.78, 5) is 12.4. The van der Waals surface area contributed by atoms with Crippen LogP contribution in [0, 0.1) is 19.3 Å². The summed E-state index contributed by atoms with van der Waals surface area (Å²) in [6.07, 6.45) is 1.43. The fraction of sp³-hybridized carbons (Fsp3) is 0.310. The van der Waals surface area contributed by atoms with E-state index in [0.29, 0.717) is 38.0 Å². The number of aliphatic hydroxyl groups is 1. The molecule has 0 radical (unpaired) electrons. The summed E-state index contributed by atoms with van der Waals surface area (Å²) >= 11 is 0. The van der Waals surface area contributed by atoms with E-state index in [4.69, 9.17) is 5.11 Å². The van der Waals surface area contributed by atoms with Crippen molar-refractivity contribution in [2.24, 2.45) is 0 Å². The van der Waals surface area contributed by atoms with E-state index in [1.54, 1.807) is 0 Å². The van der Waals surface area contributed by atoms with Gasteiger partial charge in [-0.1, -0.05) is 71.8 Å². The van der Waals surface area contributed by atoms with E-state index < -0.39 is 0 Å². The van der Waals surface area contributed by atoms with Crippen LogP contribution in [0.15, 0.2) is 72.8 Å². The maximum Gasteiger partial charge on any atom is 0.220 e. The molecule has 0 bridgehead atoms. The van der Waals surface area contributed by atoms with Crippen LogP contribution in [0.5, 0.6) is 0 Å². The highest BCUT2D eigenvalue weighted by molar-refractivity contribution is 5.77. The molecule has 1 amide bonds. The second kappa shape index (κ2) is 11.2. The quantitative estimate of drug-likeness (QED) is 0.324. The van der Waals surface area contributed by atoms with Gasteiger partial charge in [0.2, 0.25) is 11.5 Å². The Hall–Kier alpha value is -3.64. The van der Waals surface area contributed by atoms with E-state index in [9.17, 15) is 10.2 Å². The molecule has 0 aliphatic rings. The molecular formula is C29H34N4O2. The van der Waals surface area contributed by atoms with Crippen LogP contribution in [0.4, 0.5) is 0 Å². The summed E-state index contributed by atoms with van der Waals surface area (Å²) in [7, 11) is 0. The van der Waals surface area contributed by atoms with Crippen LogP contribution in [-0.2, 0) is 17.8 Å². The Bertz CT molecular complexity index is 1330. The molecule has 4 rings (SSSR count). The number of aromatic nitrogens is 2. The second-order valence-electron chi connectivity index (χ2n) is 9.23. The van der Waals surface area contributed by atoms with Crippen LogP contribution in [0.25, 0.3) is 11.0 Å². The van der Waals surface area contributed by atoms with E-state index >= 15 is 0 Å². The first-order chi connectivity index (χ1) is 17.0. The number of rotatable bonds is 10. The van der Waals surface area contributed by atoms with Crippen molar-refractivity contribution in [2.45, 2.75) is 45.7 Å². The number of carbonyl (C=O) groups excluding carboxylic acids is 1. The zero-order chi connectivity index (χ0) is 24.8. The molecule has 35 heavy (non-hydrogen) atoms. The van der Waals surface area contributed by atoms with Gasteiger partial charge in [0.25, 0.3) is 0 Å². The Balaban J connectivity index is 1.73. The number of para-hydroxylation sites is 2. The molecule has 0 aliphatic carbocycles. The minimum Gasteiger partial charge on any atom is -0.396 e. The van der Waals surface area contributed by atoms with Crippen LogP contribution < -0.4 is 10.9 Å². The zero-order valence-electron chi connectivity index (χ0n) is 20.5. The highest BCUT2D eigenvalue weighted by Crippen LogP contribution is 2.22. The lowest BCUT2D eigenvalue weighted by Gasteiger charge is -2.21. The molecule has 0 spiro atoms. The molecular weight excluding hydrogens is 436 g/mol. The number of nitrogens with zero attached hydrogens (tertiary/aromatic N) is 2. The predicted octanol–water partition coefficient (Wildman–Crippen LogP) is 4.26. The number of carbonyl (C=O) groups is 1. The van der Waals surface area contributed by atoms with Gasteiger partial charge >= 0.3 is 0 Å². The number of aliphatic hydroxyl groups excluding tert-OH is 1. The average molecular weight is 471 g/mol. The van der Waals surface area contributed by atoms with Crippen molar-refractivity contribution in [3.8, 4) is 0 Å². The van der Waals surface area contributed by atoms with Crippen LogP contribution in [0.1, 0.15) is 41.1 Å². The fourth-order valence-corrected chi connectivity index (χ4v) is 4.47. The number of hydrogen-bond donors (Lipinski definition) is 3. The molecule has 4 aromatic rings. The van der Waals surface area contributed by atoms with Gasteiger partial charge in [-0.25, -0.2) is 0 Å². The van der Waals surface area contributed by atoms with Crippen molar-refractivity contribution in [2.75, 3.05) is 13.2 Å². The summed E-state index contributed by atoms with van der Waals surface area (Å²) in [5.74, 6) is -0.0801. The van der Waals surface area contributed by atoms with Crippen molar-refractivity contribution in [3.05, 3.63) is 101 Å². The standard InChI is InChI=1S/C29H34N4O2/c1-21-9-13-23(14-10-21)18-25(19-31-28(35)8-5-17-34)33-27-7-4-3-6-26(27)32(29(33)30)20-24-15-11-22(2)12-16-24/h3-4,6-7,9-16,25,30,34H,5,8,17-20H2,1-2H3,(H,31,35). The first-order valence-electron chi connectivity index (χ1n) is 12.2. The van der Waals surface area contributed by atoms with Gasteiger partial charge in [0.05, 0.1) is 23.6 Å². The molecule has 6 nitrogen and oxygen atoms in total. The number of fused-ring (bicyclic) bond motifs is 1. The van der Waals surface area contributed by atoms with E-state index in [2.05, 4.69) is 84.4 Å². The van der Waals surface area contributed by atoms with Gasteiger partial charge in [0.1, 0.15) is 0 Å². The smallest absolute Gasteiger partial charge is 0.220 e. The monoisotopic (exact) mass is 470 g/mol. The van der Waals surface area contributed by atoms with Gasteiger partial charge in [0.15, 0.2) is 0 Å². The maximum atomic E-state index is 12.4. The van der Waals surface area contributed by atoms with E-state index in [1.165, 1.54) is 11.1 Å². The Morgan fingerprint density at radius 2 is 1.51 bits per heavy atom. The van der Waals surface area contributed by atoms with Crippen LogP contribution in [0.3, 0.4) is 0 Å². The van der Waals surface area contributed by atoms with Crippen molar-refractivity contribution in [3.63, 3.8) is 0 Å². The molecule has 0 fully saturated rings. The minimum atomic E-state index is -0.132. The van der Waals surface area contributed by atoms with E-state index in [-0.39, 0.29) is 18.6 Å². The number of amides is 1. The number of nitrogens with one attached hydrogen (secondary N) is 2. The maximum absolute atomic E-state index is 12.4. The van der Waals surface area contributed by atoms with Crippen LogP contribution in [0.2, 0.25) is 0 Å². The lowest BCUT2D eigenvalue weighted by Crippen LogP contribution is -2.37. The SMILES string of the molecule is Cc1ccc(CC(CNC(=O)CCCO)n2c(=N)n(Cc3ccc(C)cc3)c3ccccc32)cc1. The Morgan fingerprint density at radius 3 is 2.14 bits per heavy atom. The van der Waals surface area contributed by atoms with Gasteiger partial charge in [-0.15, -0.1) is 0 Å². The Kier molecular flexibility index (Phi) is 7.83. The van der Waals surface area contributed by atoms with Gasteiger partial charge < -0.3 is 19.6 Å². The second-order valence-corrected chi connectivity index (χ2v) is 9.23. The normalized spacial score (nSPS) is 12.1. The minimum absolute atomic E-state index is 0.00165. The van der Waals surface area contributed by atoms with Crippen molar-refractivity contribution in [1.82, 2.24) is 14.5 Å². The largest absolute Gasteiger partial charge is 0.396 e. The first-order valence-corrected chi connectivity index (χ1v) is 12.2. The van der Waals surface area contributed by atoms with Crippen LogP contribution >= 0.6 is 0 Å². The number of benzene rings is 3. The Morgan fingerprint density at radius 1 is 0.914 bits per heavy atom. The predicted molar refractivity (Wildman–Crippen MR) is 139 cm³/mol. The average Bonchev–Trinajstić information content (AvgIpc) is 3.14. The molecule has 1 unspecified atom stereocenters. The molecule has 0 saturated heterocycles. The fourth-order valence-electron chi connectivity index (χ4n) is 4.47. The molecule has 0 saturated carbocycles. The molecule has 3 N–H and O–H groups in total. The third-order valence-electron chi connectivity index (χ3n) is 6.43. The number of aryl methyl sites for hydroxylation is 2. The van der Waals surface area contributed by atoms with E-state index in [1.807, 2.05) is 16.7 Å². The lowest BCUT2D eigenvalue weighted by atomic mass is 10.0. The van der Waals surface area contributed by atoms with E-state index in [0.717, 1.165) is 22.2 Å². The van der Waals surface area contributed by atoms with Gasteiger partial charge in [-0.2, -0.15) is 0 Å². The first kappa shape index (κ1) is 24.5. The van der Waals surface area contributed by atoms with Gasteiger partial charge in [-0.3, -0.25) is 10.2 Å². The molecule has 1 heterocycles. The third-order valence-corrected chi connectivity index (χ3v) is 6.43. The highest BCUT2D eigenvalue weighted by Gasteiger charge is 2.20. The van der Waals surface area contributed by atoms with Gasteiger partial charge in [-0.05, 0) is 49.9 Å². The summed E-state index contributed by atoms with van der Waals surface area (Å²) in [5, 5.41) is 21.3. The zero-order valence-corrected chi connectivity index (χ0v) is 20.5. The van der Waals surface area contributed by atoms with Crippen LogP contribution in [-0.4, -0.2) is 33.3 Å². The van der Waals surface area contributed by atoms with Crippen molar-refractivity contribution < 1.29 is 9.90 Å². The number of hydrogen-bond acceptors (Lipinski definition) is 3. The number of imidazole rings is 1. The molecule has 0 aliphatic heterocycles. The summed E-state index contributed by atoms with van der Waals surface area (Å²) in [5.41, 5.74) is 7.10. The summed E-state index contributed by atoms with van der Waals surface area (Å²) < 4.78 is 4.09. The van der Waals surface area contributed by atoms with Crippen molar-refractivity contribution >= 4 is 16.9 Å².